The minimum absolute atomic E-state index is 0.112. The van der Waals surface area contributed by atoms with E-state index in [1.165, 1.54) is 19.3 Å². The zero-order chi connectivity index (χ0) is 13.7. The minimum Gasteiger partial charge on any atom is -0.823 e. The van der Waals surface area contributed by atoms with Gasteiger partial charge in [-0.2, -0.15) is 0 Å². The fraction of sp³-hybridized carbons (Fsp3) is 0.533. The fourth-order valence-electron chi connectivity index (χ4n) is 2.50. The van der Waals surface area contributed by atoms with Gasteiger partial charge in [-0.05, 0) is 30.6 Å². The van der Waals surface area contributed by atoms with Crippen LogP contribution < -0.4 is 14.6 Å². The lowest BCUT2D eigenvalue weighted by atomic mass is 10.0. The van der Waals surface area contributed by atoms with Gasteiger partial charge in [-0.15, -0.1) is 13.7 Å². The van der Waals surface area contributed by atoms with Crippen molar-refractivity contribution in [3.8, 4) is 11.5 Å². The Labute approximate surface area is 116 Å². The van der Waals surface area contributed by atoms with Gasteiger partial charge in [-0.25, -0.2) is 0 Å². The van der Waals surface area contributed by atoms with Crippen LogP contribution in [0.1, 0.15) is 37.7 Å². The Hall–Kier alpha value is -1.05. The smallest absolute Gasteiger partial charge is 0.129 e. The van der Waals surface area contributed by atoms with Gasteiger partial charge < -0.3 is 14.6 Å². The Morgan fingerprint density at radius 3 is 2.21 bits per heavy atom. The van der Waals surface area contributed by atoms with Gasteiger partial charge in [-0.1, -0.05) is 25.3 Å². The average molecular weight is 279 g/mol. The van der Waals surface area contributed by atoms with Crippen LogP contribution in [-0.4, -0.2) is 25.4 Å². The SMILES string of the molecule is COc1cccc(OC)c1C([O-])=PC1CCCCC1. The molecule has 1 aliphatic rings. The lowest BCUT2D eigenvalue weighted by Crippen LogP contribution is -2.20. The molecule has 0 radical (unpaired) electrons. The third-order valence-electron chi connectivity index (χ3n) is 3.52. The number of hydrogen-bond acceptors (Lipinski definition) is 3. The van der Waals surface area contributed by atoms with Crippen LogP contribution in [0, 0.1) is 0 Å². The molecule has 0 atom stereocenters. The van der Waals surface area contributed by atoms with E-state index in [9.17, 15) is 5.11 Å². The molecule has 0 aliphatic heterocycles. The molecule has 3 nitrogen and oxygen atoms in total. The van der Waals surface area contributed by atoms with E-state index in [1.54, 1.807) is 14.2 Å². The molecule has 0 N–H and O–H groups in total. The summed E-state index contributed by atoms with van der Waals surface area (Å²) in [6, 6.07) is 5.46. The molecule has 0 amide bonds. The Balaban J connectivity index is 2.30. The van der Waals surface area contributed by atoms with E-state index < -0.39 is 0 Å². The monoisotopic (exact) mass is 279 g/mol. The highest BCUT2D eigenvalue weighted by Gasteiger charge is 2.13. The zero-order valence-electron chi connectivity index (χ0n) is 11.5. The molecule has 1 aromatic rings. The van der Waals surface area contributed by atoms with Gasteiger partial charge in [0.1, 0.15) is 11.5 Å². The van der Waals surface area contributed by atoms with E-state index in [0.717, 1.165) is 21.0 Å². The molecular formula is C15H20O3P-. The molecule has 4 heteroatoms. The highest BCUT2D eigenvalue weighted by molar-refractivity contribution is 7.41. The molecule has 1 aromatic carbocycles. The highest BCUT2D eigenvalue weighted by Crippen LogP contribution is 2.33. The normalized spacial score (nSPS) is 17.3. The van der Waals surface area contributed by atoms with Gasteiger partial charge in [0.25, 0.3) is 0 Å². The van der Waals surface area contributed by atoms with Gasteiger partial charge in [0, 0.05) is 5.56 Å². The van der Waals surface area contributed by atoms with Crippen LogP contribution in [0.5, 0.6) is 11.5 Å². The van der Waals surface area contributed by atoms with Crippen molar-refractivity contribution in [1.82, 2.24) is 0 Å². The molecular weight excluding hydrogens is 259 g/mol. The Morgan fingerprint density at radius 2 is 1.68 bits per heavy atom. The predicted octanol–water partition coefficient (Wildman–Crippen LogP) is 2.82. The van der Waals surface area contributed by atoms with Crippen molar-refractivity contribution in [1.29, 1.82) is 0 Å². The zero-order valence-corrected chi connectivity index (χ0v) is 12.4. The van der Waals surface area contributed by atoms with Crippen LogP contribution in [0.15, 0.2) is 18.2 Å². The largest absolute Gasteiger partial charge is 0.823 e. The maximum Gasteiger partial charge on any atom is 0.129 e. The molecule has 19 heavy (non-hydrogen) atoms. The van der Waals surface area contributed by atoms with Crippen LogP contribution in [0.3, 0.4) is 0 Å². The Morgan fingerprint density at radius 1 is 1.11 bits per heavy atom. The summed E-state index contributed by atoms with van der Waals surface area (Å²) in [6.07, 6.45) is 6.11. The molecule has 1 saturated carbocycles. The number of hydrogen-bond donors (Lipinski definition) is 0. The molecule has 1 fully saturated rings. The van der Waals surface area contributed by atoms with E-state index in [0.29, 0.717) is 22.7 Å². The van der Waals surface area contributed by atoms with E-state index in [1.807, 2.05) is 18.2 Å². The minimum atomic E-state index is 0.112. The number of methoxy groups -OCH3 is 2. The first kappa shape index (κ1) is 14.4. The van der Waals surface area contributed by atoms with Crippen LogP contribution in [0.25, 0.3) is 0 Å². The molecule has 0 bridgehead atoms. The van der Waals surface area contributed by atoms with Crippen LogP contribution in [0.2, 0.25) is 0 Å². The summed E-state index contributed by atoms with van der Waals surface area (Å²) in [4.78, 5) is 0. The van der Waals surface area contributed by atoms with Crippen molar-refractivity contribution in [3.05, 3.63) is 23.8 Å². The predicted molar refractivity (Wildman–Crippen MR) is 77.4 cm³/mol. The van der Waals surface area contributed by atoms with Gasteiger partial charge in [0.15, 0.2) is 0 Å². The highest BCUT2D eigenvalue weighted by atomic mass is 31.1. The van der Waals surface area contributed by atoms with E-state index >= 15 is 0 Å². The summed E-state index contributed by atoms with van der Waals surface area (Å²) >= 11 is 0. The summed E-state index contributed by atoms with van der Waals surface area (Å²) in [5.41, 5.74) is 1.19. The average Bonchev–Trinajstić information content (AvgIpc) is 2.47. The molecule has 2 rings (SSSR count). The van der Waals surface area contributed by atoms with Gasteiger partial charge in [-0.3, -0.25) is 0 Å². The van der Waals surface area contributed by atoms with Crippen molar-refractivity contribution in [3.63, 3.8) is 0 Å². The number of ether oxygens (including phenoxy) is 2. The third kappa shape index (κ3) is 3.49. The van der Waals surface area contributed by atoms with Crippen molar-refractivity contribution in [2.75, 3.05) is 14.2 Å². The van der Waals surface area contributed by atoms with E-state index in [4.69, 9.17) is 9.47 Å². The first-order valence-corrected chi connectivity index (χ1v) is 7.68. The van der Waals surface area contributed by atoms with E-state index in [-0.39, 0.29) is 5.48 Å². The van der Waals surface area contributed by atoms with Crippen LogP contribution in [0.4, 0.5) is 0 Å². The fourth-order valence-corrected chi connectivity index (χ4v) is 3.81. The maximum atomic E-state index is 12.5. The number of benzene rings is 1. The summed E-state index contributed by atoms with van der Waals surface area (Å²) in [6.45, 7) is 0. The topological polar surface area (TPSA) is 41.5 Å². The summed E-state index contributed by atoms with van der Waals surface area (Å²) in [5, 5.41) is 12.5. The molecule has 0 spiro atoms. The standard InChI is InChI=1S/C15H21O3P/c1-17-12-9-6-10-13(18-2)14(12)15(16)19-11-7-4-3-5-8-11/h6,9-11,16H,3-5,7-8H2,1-2H3/p-1. The number of rotatable bonds is 4. The lowest BCUT2D eigenvalue weighted by Gasteiger charge is -2.23. The molecule has 0 aromatic heterocycles. The lowest BCUT2D eigenvalue weighted by molar-refractivity contribution is -0.207. The van der Waals surface area contributed by atoms with Gasteiger partial charge >= 0.3 is 0 Å². The van der Waals surface area contributed by atoms with Crippen LogP contribution >= 0.6 is 8.20 Å². The quantitative estimate of drug-likeness (QED) is 0.796. The maximum absolute atomic E-state index is 12.5. The molecule has 1 aliphatic carbocycles. The second kappa shape index (κ2) is 6.93. The Kier molecular flexibility index (Phi) is 5.24. The van der Waals surface area contributed by atoms with Gasteiger partial charge in [0.2, 0.25) is 0 Å². The van der Waals surface area contributed by atoms with Crippen molar-refractivity contribution in [2.45, 2.75) is 37.8 Å². The van der Waals surface area contributed by atoms with Gasteiger partial charge in [0.05, 0.1) is 14.2 Å². The van der Waals surface area contributed by atoms with Crippen molar-refractivity contribution >= 4 is 13.7 Å². The second-order valence-corrected chi connectivity index (χ2v) is 6.16. The van der Waals surface area contributed by atoms with Crippen LogP contribution in [-0.2, 0) is 0 Å². The first-order valence-electron chi connectivity index (χ1n) is 6.72. The second-order valence-electron chi connectivity index (χ2n) is 4.76. The molecule has 104 valence electrons. The summed E-state index contributed by atoms with van der Waals surface area (Å²) in [7, 11) is 4.06. The molecule has 0 saturated heterocycles. The van der Waals surface area contributed by atoms with Crippen molar-refractivity contribution in [2.24, 2.45) is 0 Å². The third-order valence-corrected chi connectivity index (χ3v) is 4.86. The first-order chi connectivity index (χ1) is 9.26. The van der Waals surface area contributed by atoms with Crippen molar-refractivity contribution < 1.29 is 14.6 Å². The molecule has 0 heterocycles. The van der Waals surface area contributed by atoms with E-state index in [2.05, 4.69) is 0 Å². The Bertz CT molecular complexity index is 428. The summed E-state index contributed by atoms with van der Waals surface area (Å²) in [5.74, 6) is 1.21. The molecule has 0 unspecified atom stereocenters. The summed E-state index contributed by atoms with van der Waals surface area (Å²) < 4.78 is 10.6.